The summed E-state index contributed by atoms with van der Waals surface area (Å²) in [6.45, 7) is 1.98. The Kier molecular flexibility index (Phi) is 2.45. The first-order chi connectivity index (χ1) is 8.49. The summed E-state index contributed by atoms with van der Waals surface area (Å²) in [4.78, 5) is 16.8. The largest absolute Gasteiger partial charge is 0.468 e. The lowest BCUT2D eigenvalue weighted by Crippen LogP contribution is -2.36. The summed E-state index contributed by atoms with van der Waals surface area (Å²) in [5.74, 6) is -0.521. The lowest BCUT2D eigenvalue weighted by molar-refractivity contribution is -0.143. The summed E-state index contributed by atoms with van der Waals surface area (Å²) in [6.07, 6.45) is 0.544. The molecule has 2 unspecified atom stereocenters. The molecule has 3 rings (SSSR count). The molecule has 1 saturated carbocycles. The minimum Gasteiger partial charge on any atom is -0.468 e. The van der Waals surface area contributed by atoms with Gasteiger partial charge in [-0.25, -0.2) is 4.98 Å². The average Bonchev–Trinajstić information content (AvgIpc) is 2.72. The Bertz CT molecular complexity index is 650. The second-order valence-corrected chi connectivity index (χ2v) is 5.77. The van der Waals surface area contributed by atoms with E-state index in [1.165, 1.54) is 18.4 Å². The van der Waals surface area contributed by atoms with Gasteiger partial charge in [0.05, 0.1) is 12.8 Å². The summed E-state index contributed by atoms with van der Waals surface area (Å²) >= 11 is 7.68. The number of rotatable bonds is 2. The Morgan fingerprint density at radius 2 is 2.50 bits per heavy atom. The van der Waals surface area contributed by atoms with Crippen LogP contribution in [0.2, 0.25) is 5.15 Å². The van der Waals surface area contributed by atoms with Crippen LogP contribution in [0.1, 0.15) is 23.7 Å². The second kappa shape index (κ2) is 3.69. The zero-order valence-corrected chi connectivity index (χ0v) is 11.5. The van der Waals surface area contributed by atoms with Crippen molar-refractivity contribution in [3.05, 3.63) is 21.9 Å². The predicted octanol–water partition coefficient (Wildman–Crippen LogP) is 1.72. The number of carbonyl (C=O) groups excluding carboxylic acids is 1. The Morgan fingerprint density at radius 3 is 3.17 bits per heavy atom. The van der Waals surface area contributed by atoms with Crippen LogP contribution >= 0.6 is 22.9 Å². The molecule has 2 N–H and O–H groups in total. The lowest BCUT2D eigenvalue weighted by atomic mass is 10.2. The Morgan fingerprint density at radius 1 is 1.78 bits per heavy atom. The van der Waals surface area contributed by atoms with Gasteiger partial charge in [-0.15, -0.1) is 11.3 Å². The molecule has 0 saturated heterocycles. The second-order valence-electron chi connectivity index (χ2n) is 4.57. The van der Waals surface area contributed by atoms with Gasteiger partial charge in [-0.3, -0.25) is 9.20 Å². The Balaban J connectivity index is 2.09. The van der Waals surface area contributed by atoms with Crippen molar-refractivity contribution in [2.24, 2.45) is 5.73 Å². The quantitative estimate of drug-likeness (QED) is 0.853. The number of methoxy groups -OCH3 is 1. The van der Waals surface area contributed by atoms with Crippen molar-refractivity contribution in [2.75, 3.05) is 7.11 Å². The summed E-state index contributed by atoms with van der Waals surface area (Å²) in [5, 5.41) is 2.42. The van der Waals surface area contributed by atoms with Crippen LogP contribution < -0.4 is 5.73 Å². The molecular formula is C11H12ClN3O2S. The van der Waals surface area contributed by atoms with Gasteiger partial charge in [0.15, 0.2) is 10.1 Å². The number of halogens is 1. The molecule has 2 aromatic heterocycles. The fourth-order valence-electron chi connectivity index (χ4n) is 2.33. The molecule has 2 heterocycles. The molecule has 2 atom stereocenters. The molecule has 96 valence electrons. The summed E-state index contributed by atoms with van der Waals surface area (Å²) < 4.78 is 6.70. The van der Waals surface area contributed by atoms with E-state index in [-0.39, 0.29) is 5.92 Å². The molecule has 7 heteroatoms. The van der Waals surface area contributed by atoms with Gasteiger partial charge >= 0.3 is 5.97 Å². The van der Waals surface area contributed by atoms with Gasteiger partial charge in [-0.2, -0.15) is 0 Å². The van der Waals surface area contributed by atoms with E-state index in [4.69, 9.17) is 22.1 Å². The molecule has 0 amide bonds. The normalized spacial score (nSPS) is 26.6. The van der Waals surface area contributed by atoms with Crippen LogP contribution in [0, 0.1) is 6.92 Å². The van der Waals surface area contributed by atoms with E-state index < -0.39 is 11.5 Å². The van der Waals surface area contributed by atoms with Gasteiger partial charge in [0, 0.05) is 17.0 Å². The molecule has 5 nitrogen and oxygen atoms in total. The van der Waals surface area contributed by atoms with Crippen LogP contribution in [0.3, 0.4) is 0 Å². The van der Waals surface area contributed by atoms with Crippen molar-refractivity contribution >= 4 is 33.9 Å². The lowest BCUT2D eigenvalue weighted by Gasteiger charge is -2.08. The van der Waals surface area contributed by atoms with Crippen molar-refractivity contribution in [3.8, 4) is 0 Å². The van der Waals surface area contributed by atoms with Crippen molar-refractivity contribution in [1.29, 1.82) is 0 Å². The first-order valence-electron chi connectivity index (χ1n) is 5.48. The van der Waals surface area contributed by atoms with E-state index >= 15 is 0 Å². The van der Waals surface area contributed by atoms with Gasteiger partial charge in [-0.1, -0.05) is 11.6 Å². The van der Waals surface area contributed by atoms with Gasteiger partial charge in [-0.05, 0) is 13.3 Å². The first kappa shape index (κ1) is 12.0. The van der Waals surface area contributed by atoms with Crippen LogP contribution in [0.4, 0.5) is 0 Å². The number of ether oxygens (including phenoxy) is 1. The van der Waals surface area contributed by atoms with E-state index in [1.54, 1.807) is 0 Å². The van der Waals surface area contributed by atoms with Crippen LogP contribution in [0.25, 0.3) is 4.96 Å². The minimum atomic E-state index is -0.956. The van der Waals surface area contributed by atoms with Crippen LogP contribution in [-0.4, -0.2) is 28.0 Å². The number of esters is 1. The molecular weight excluding hydrogens is 274 g/mol. The number of imidazole rings is 1. The third-order valence-corrected chi connectivity index (χ3v) is 4.65. The van der Waals surface area contributed by atoms with E-state index in [1.807, 2.05) is 16.7 Å². The van der Waals surface area contributed by atoms with E-state index in [2.05, 4.69) is 4.98 Å². The van der Waals surface area contributed by atoms with Gasteiger partial charge in [0.1, 0.15) is 5.54 Å². The maximum Gasteiger partial charge on any atom is 0.326 e. The molecule has 1 fully saturated rings. The molecule has 1 aliphatic rings. The zero-order chi connectivity index (χ0) is 13.1. The standard InChI is InChI=1S/C11H12ClN3O2S/c1-5-4-18-10-14-8(12)7(15(5)10)6-3-11(6,13)9(16)17-2/h4,6H,3,13H2,1-2H3. The Labute approximate surface area is 113 Å². The molecule has 0 aliphatic heterocycles. The highest BCUT2D eigenvalue weighted by Gasteiger charge is 2.61. The Hall–Kier alpha value is -1.11. The number of nitrogens with two attached hydrogens (primary N) is 1. The van der Waals surface area contributed by atoms with Gasteiger partial charge < -0.3 is 10.5 Å². The molecule has 2 aromatic rings. The number of carbonyl (C=O) groups is 1. The van der Waals surface area contributed by atoms with Gasteiger partial charge in [0.25, 0.3) is 0 Å². The van der Waals surface area contributed by atoms with Crippen molar-refractivity contribution in [2.45, 2.75) is 24.8 Å². The number of hydrogen-bond donors (Lipinski definition) is 1. The van der Waals surface area contributed by atoms with Crippen LogP contribution in [0.5, 0.6) is 0 Å². The number of aryl methyl sites for hydroxylation is 1. The zero-order valence-electron chi connectivity index (χ0n) is 9.94. The number of hydrogen-bond acceptors (Lipinski definition) is 5. The topological polar surface area (TPSA) is 69.6 Å². The van der Waals surface area contributed by atoms with Crippen LogP contribution in [-0.2, 0) is 9.53 Å². The van der Waals surface area contributed by atoms with E-state index in [0.29, 0.717) is 11.6 Å². The summed E-state index contributed by atoms with van der Waals surface area (Å²) in [7, 11) is 1.34. The van der Waals surface area contributed by atoms with Gasteiger partial charge in [0.2, 0.25) is 0 Å². The van der Waals surface area contributed by atoms with E-state index in [0.717, 1.165) is 16.3 Å². The van der Waals surface area contributed by atoms with Crippen LogP contribution in [0.15, 0.2) is 5.38 Å². The van der Waals surface area contributed by atoms with Crippen molar-refractivity contribution in [3.63, 3.8) is 0 Å². The number of nitrogens with zero attached hydrogens (tertiary/aromatic N) is 2. The third-order valence-electron chi connectivity index (χ3n) is 3.42. The highest BCUT2D eigenvalue weighted by atomic mass is 35.5. The predicted molar refractivity (Wildman–Crippen MR) is 69.1 cm³/mol. The third kappa shape index (κ3) is 1.43. The number of fused-ring (bicyclic) bond motifs is 1. The highest BCUT2D eigenvalue weighted by molar-refractivity contribution is 7.15. The summed E-state index contributed by atoms with van der Waals surface area (Å²) in [5.41, 5.74) is 6.95. The number of aromatic nitrogens is 2. The minimum absolute atomic E-state index is 0.124. The molecule has 0 aromatic carbocycles. The number of thiazole rings is 1. The summed E-state index contributed by atoms with van der Waals surface area (Å²) in [6, 6.07) is 0. The smallest absolute Gasteiger partial charge is 0.326 e. The molecule has 0 radical (unpaired) electrons. The highest BCUT2D eigenvalue weighted by Crippen LogP contribution is 2.52. The fraction of sp³-hybridized carbons (Fsp3) is 0.455. The molecule has 1 aliphatic carbocycles. The molecule has 0 spiro atoms. The van der Waals surface area contributed by atoms with E-state index in [9.17, 15) is 4.79 Å². The maximum absolute atomic E-state index is 11.7. The monoisotopic (exact) mass is 285 g/mol. The molecule has 18 heavy (non-hydrogen) atoms. The van der Waals surface area contributed by atoms with Crippen molar-refractivity contribution < 1.29 is 9.53 Å². The molecule has 0 bridgehead atoms. The van der Waals surface area contributed by atoms with Crippen molar-refractivity contribution in [1.82, 2.24) is 9.38 Å². The fourth-order valence-corrected chi connectivity index (χ4v) is 3.55. The first-order valence-corrected chi connectivity index (χ1v) is 6.74. The SMILES string of the molecule is COC(=O)C1(N)CC1c1c(Cl)nc2scc(C)n12. The average molecular weight is 286 g/mol. The maximum atomic E-state index is 11.7.